The minimum atomic E-state index is 0.524. The van der Waals surface area contributed by atoms with Crippen molar-refractivity contribution in [2.75, 3.05) is 6.54 Å². The third-order valence-electron chi connectivity index (χ3n) is 2.41. The molecule has 0 amide bonds. The van der Waals surface area contributed by atoms with Crippen molar-refractivity contribution in [1.82, 2.24) is 5.32 Å². The molecule has 0 aliphatic heterocycles. The molecule has 14 heavy (non-hydrogen) atoms. The molecule has 0 heterocycles. The summed E-state index contributed by atoms with van der Waals surface area (Å²) >= 11 is 0. The van der Waals surface area contributed by atoms with Gasteiger partial charge in [-0.15, -0.1) is 0 Å². The van der Waals surface area contributed by atoms with Crippen molar-refractivity contribution >= 4 is 0 Å². The van der Waals surface area contributed by atoms with Crippen LogP contribution in [-0.2, 0) is 0 Å². The van der Waals surface area contributed by atoms with Gasteiger partial charge in [0, 0.05) is 6.04 Å². The molecule has 0 spiro atoms. The van der Waals surface area contributed by atoms with Crippen molar-refractivity contribution in [3.63, 3.8) is 0 Å². The van der Waals surface area contributed by atoms with Crippen molar-refractivity contribution < 1.29 is 0 Å². The third-order valence-corrected chi connectivity index (χ3v) is 2.41. The van der Waals surface area contributed by atoms with Gasteiger partial charge in [-0.3, -0.25) is 0 Å². The van der Waals surface area contributed by atoms with Gasteiger partial charge in [-0.1, -0.05) is 53.9 Å². The maximum Gasteiger partial charge on any atom is 0.00103 e. The van der Waals surface area contributed by atoms with E-state index in [1.807, 2.05) is 0 Å². The van der Waals surface area contributed by atoms with Crippen molar-refractivity contribution in [1.29, 1.82) is 0 Å². The van der Waals surface area contributed by atoms with Crippen LogP contribution in [0.2, 0.25) is 0 Å². The highest BCUT2D eigenvalue weighted by atomic mass is 14.9. The van der Waals surface area contributed by atoms with Crippen LogP contribution in [-0.4, -0.2) is 12.6 Å². The molecule has 0 fully saturated rings. The number of rotatable bonds is 7. The van der Waals surface area contributed by atoms with E-state index in [0.717, 1.165) is 0 Å². The average molecular weight is 199 g/mol. The van der Waals surface area contributed by atoms with E-state index in [2.05, 4.69) is 39.9 Å². The Morgan fingerprint density at radius 2 is 1.50 bits per heavy atom. The molecule has 1 heteroatoms. The number of nitrogens with one attached hydrogen (secondary N) is 1. The minimum absolute atomic E-state index is 0.524. The summed E-state index contributed by atoms with van der Waals surface area (Å²) in [5.41, 5.74) is 0.524. The monoisotopic (exact) mass is 199 g/mol. The van der Waals surface area contributed by atoms with Gasteiger partial charge in [-0.05, 0) is 24.8 Å². The molecule has 0 aromatic heterocycles. The van der Waals surface area contributed by atoms with Crippen LogP contribution >= 0.6 is 0 Å². The molecule has 0 aliphatic carbocycles. The summed E-state index contributed by atoms with van der Waals surface area (Å²) in [6, 6.07) is 0.643. The fourth-order valence-electron chi connectivity index (χ4n) is 1.52. The molecule has 0 aromatic rings. The lowest BCUT2D eigenvalue weighted by Crippen LogP contribution is -2.23. The first-order chi connectivity index (χ1) is 6.42. The lowest BCUT2D eigenvalue weighted by atomic mass is 9.89. The highest BCUT2D eigenvalue weighted by molar-refractivity contribution is 4.61. The van der Waals surface area contributed by atoms with Gasteiger partial charge in [0.15, 0.2) is 0 Å². The third kappa shape index (κ3) is 12.0. The van der Waals surface area contributed by atoms with E-state index in [9.17, 15) is 0 Å². The summed E-state index contributed by atoms with van der Waals surface area (Å²) in [7, 11) is 0. The molecule has 0 aromatic carbocycles. The minimum Gasteiger partial charge on any atom is -0.315 e. The molecule has 0 rings (SSSR count). The Morgan fingerprint density at radius 3 is 2.00 bits per heavy atom. The highest BCUT2D eigenvalue weighted by Gasteiger charge is 2.08. The van der Waals surface area contributed by atoms with Gasteiger partial charge < -0.3 is 5.32 Å². The first kappa shape index (κ1) is 14.0. The Bertz CT molecular complexity index is 122. The quantitative estimate of drug-likeness (QED) is 0.612. The van der Waals surface area contributed by atoms with Crippen LogP contribution in [0.1, 0.15) is 66.7 Å². The SMILES string of the molecule is CC(C)NCCCCCCC(C)(C)C. The molecule has 0 aliphatic rings. The molecule has 0 saturated heterocycles. The second kappa shape index (κ2) is 7.28. The molecule has 0 bridgehead atoms. The Balaban J connectivity index is 3.07. The van der Waals surface area contributed by atoms with Crippen molar-refractivity contribution in [3.8, 4) is 0 Å². The molecule has 0 saturated carbocycles. The van der Waals surface area contributed by atoms with Crippen molar-refractivity contribution in [3.05, 3.63) is 0 Å². The summed E-state index contributed by atoms with van der Waals surface area (Å²) in [5.74, 6) is 0. The predicted octanol–water partition coefficient (Wildman–Crippen LogP) is 3.98. The van der Waals surface area contributed by atoms with Gasteiger partial charge in [0.2, 0.25) is 0 Å². The smallest absolute Gasteiger partial charge is 0.00103 e. The van der Waals surface area contributed by atoms with E-state index >= 15 is 0 Å². The Labute approximate surface area is 90.7 Å². The summed E-state index contributed by atoms with van der Waals surface area (Å²) < 4.78 is 0. The van der Waals surface area contributed by atoms with E-state index in [1.54, 1.807) is 0 Å². The summed E-state index contributed by atoms with van der Waals surface area (Å²) in [4.78, 5) is 0. The Kier molecular flexibility index (Phi) is 7.26. The van der Waals surface area contributed by atoms with Crippen LogP contribution in [0.25, 0.3) is 0 Å². The fourth-order valence-corrected chi connectivity index (χ4v) is 1.52. The zero-order chi connectivity index (χ0) is 11.0. The second-order valence-electron chi connectivity index (χ2n) is 5.83. The maximum absolute atomic E-state index is 3.45. The largest absolute Gasteiger partial charge is 0.315 e. The van der Waals surface area contributed by atoms with Crippen molar-refractivity contribution in [2.45, 2.75) is 72.8 Å². The first-order valence-corrected chi connectivity index (χ1v) is 6.15. The van der Waals surface area contributed by atoms with Crippen LogP contribution in [0.15, 0.2) is 0 Å². The molecular weight excluding hydrogens is 170 g/mol. The van der Waals surface area contributed by atoms with Crippen LogP contribution in [0.3, 0.4) is 0 Å². The van der Waals surface area contributed by atoms with E-state index in [4.69, 9.17) is 0 Å². The standard InChI is InChI=1S/C13H29N/c1-12(2)14-11-9-7-6-8-10-13(3,4)5/h12,14H,6-11H2,1-5H3. The van der Waals surface area contributed by atoms with Gasteiger partial charge in [-0.25, -0.2) is 0 Å². The van der Waals surface area contributed by atoms with Gasteiger partial charge in [0.25, 0.3) is 0 Å². The van der Waals surface area contributed by atoms with Gasteiger partial charge in [0.1, 0.15) is 0 Å². The molecule has 0 unspecified atom stereocenters. The normalized spacial score (nSPS) is 12.4. The highest BCUT2D eigenvalue weighted by Crippen LogP contribution is 2.22. The van der Waals surface area contributed by atoms with E-state index < -0.39 is 0 Å². The van der Waals surface area contributed by atoms with Crippen LogP contribution < -0.4 is 5.32 Å². The fraction of sp³-hybridized carbons (Fsp3) is 1.00. The maximum atomic E-state index is 3.45. The van der Waals surface area contributed by atoms with E-state index in [0.29, 0.717) is 11.5 Å². The zero-order valence-corrected chi connectivity index (χ0v) is 10.8. The lowest BCUT2D eigenvalue weighted by Gasteiger charge is -2.17. The molecule has 0 atom stereocenters. The molecule has 1 nitrogen and oxygen atoms in total. The predicted molar refractivity (Wildman–Crippen MR) is 65.7 cm³/mol. The Hall–Kier alpha value is -0.0400. The van der Waals surface area contributed by atoms with Gasteiger partial charge in [-0.2, -0.15) is 0 Å². The zero-order valence-electron chi connectivity index (χ0n) is 10.8. The van der Waals surface area contributed by atoms with Gasteiger partial charge >= 0.3 is 0 Å². The number of hydrogen-bond acceptors (Lipinski definition) is 1. The van der Waals surface area contributed by atoms with E-state index in [-0.39, 0.29) is 0 Å². The van der Waals surface area contributed by atoms with Gasteiger partial charge in [0.05, 0.1) is 0 Å². The summed E-state index contributed by atoms with van der Waals surface area (Å²) in [6.07, 6.45) is 6.88. The van der Waals surface area contributed by atoms with Crippen LogP contribution in [0, 0.1) is 5.41 Å². The first-order valence-electron chi connectivity index (χ1n) is 6.15. The molecule has 1 N–H and O–H groups in total. The van der Waals surface area contributed by atoms with Crippen LogP contribution in [0.5, 0.6) is 0 Å². The molecule has 86 valence electrons. The van der Waals surface area contributed by atoms with Crippen molar-refractivity contribution in [2.24, 2.45) is 5.41 Å². The summed E-state index contributed by atoms with van der Waals surface area (Å²) in [6.45, 7) is 12.6. The lowest BCUT2D eigenvalue weighted by molar-refractivity contribution is 0.356. The molecule has 0 radical (unpaired) electrons. The number of hydrogen-bond donors (Lipinski definition) is 1. The number of unbranched alkanes of at least 4 members (excludes halogenated alkanes) is 3. The van der Waals surface area contributed by atoms with E-state index in [1.165, 1.54) is 38.6 Å². The van der Waals surface area contributed by atoms with Crippen LogP contribution in [0.4, 0.5) is 0 Å². The summed E-state index contributed by atoms with van der Waals surface area (Å²) in [5, 5.41) is 3.45. The Morgan fingerprint density at radius 1 is 0.929 bits per heavy atom. The average Bonchev–Trinajstić information content (AvgIpc) is 2.00. The second-order valence-corrected chi connectivity index (χ2v) is 5.83. The topological polar surface area (TPSA) is 12.0 Å². The molecular formula is C13H29N.